The van der Waals surface area contributed by atoms with E-state index >= 15 is 0 Å². The number of carbonyl (C=O) groups excluding carboxylic acids is 1. The zero-order valence-electron chi connectivity index (χ0n) is 22.7. The molecule has 5 N–H and O–H groups in total. The van der Waals surface area contributed by atoms with E-state index in [1.165, 1.54) is 55.7 Å². The van der Waals surface area contributed by atoms with Crippen molar-refractivity contribution >= 4 is 23.0 Å². The highest BCUT2D eigenvalue weighted by Gasteiger charge is 2.46. The Morgan fingerprint density at radius 2 is 1.67 bits per heavy atom. The SMILES string of the molecule is COc1c(O[C@@H]2O[C@H](COC(=O)/C=C/c3ccccc3)[C@@H](O)[C@H](O)[C@H]2O)cc2oc(-c3ccc(O)cc3)cc(=O)c2c1O. The van der Waals surface area contributed by atoms with Crippen LogP contribution in [-0.4, -0.2) is 75.9 Å². The summed E-state index contributed by atoms with van der Waals surface area (Å²) in [5, 5.41) is 51.8. The van der Waals surface area contributed by atoms with E-state index in [0.29, 0.717) is 5.56 Å². The zero-order chi connectivity index (χ0) is 30.7. The van der Waals surface area contributed by atoms with Crippen molar-refractivity contribution < 1.29 is 53.7 Å². The van der Waals surface area contributed by atoms with E-state index in [4.69, 9.17) is 23.4 Å². The van der Waals surface area contributed by atoms with Gasteiger partial charge in [0.25, 0.3) is 0 Å². The molecule has 1 fully saturated rings. The first-order chi connectivity index (χ1) is 20.7. The van der Waals surface area contributed by atoms with Gasteiger partial charge in [0, 0.05) is 23.8 Å². The zero-order valence-corrected chi connectivity index (χ0v) is 22.7. The molecule has 43 heavy (non-hydrogen) atoms. The number of aromatic hydroxyl groups is 2. The van der Waals surface area contributed by atoms with Crippen LogP contribution in [0, 0.1) is 0 Å². The molecule has 1 aliphatic rings. The summed E-state index contributed by atoms with van der Waals surface area (Å²) in [6.45, 7) is -0.492. The van der Waals surface area contributed by atoms with Crippen LogP contribution in [0.3, 0.4) is 0 Å². The number of ether oxygens (including phenoxy) is 4. The minimum absolute atomic E-state index is 0.0139. The second-order valence-electron chi connectivity index (χ2n) is 9.66. The molecule has 1 aromatic heterocycles. The number of phenols is 2. The Balaban J connectivity index is 1.39. The first-order valence-electron chi connectivity index (χ1n) is 13.1. The lowest BCUT2D eigenvalue weighted by atomic mass is 9.99. The smallest absolute Gasteiger partial charge is 0.330 e. The highest BCUT2D eigenvalue weighted by molar-refractivity contribution is 5.89. The van der Waals surface area contributed by atoms with Crippen molar-refractivity contribution in [3.05, 3.63) is 88.6 Å². The number of methoxy groups -OCH3 is 1. The second-order valence-corrected chi connectivity index (χ2v) is 9.66. The molecule has 0 bridgehead atoms. The van der Waals surface area contributed by atoms with E-state index in [9.17, 15) is 35.1 Å². The Labute approximate surface area is 244 Å². The van der Waals surface area contributed by atoms with E-state index in [-0.39, 0.29) is 34.0 Å². The number of esters is 1. The molecule has 1 aliphatic heterocycles. The lowest BCUT2D eigenvalue weighted by molar-refractivity contribution is -0.278. The minimum Gasteiger partial charge on any atom is -0.508 e. The number of aliphatic hydroxyl groups excluding tert-OH is 3. The largest absolute Gasteiger partial charge is 0.508 e. The monoisotopic (exact) mass is 592 g/mol. The fourth-order valence-electron chi connectivity index (χ4n) is 4.53. The highest BCUT2D eigenvalue weighted by atomic mass is 16.7. The standard InChI is InChI=1S/C31H28O12/c1-39-30-22(14-21-25(27(30)36)19(33)13-20(41-21)17-8-10-18(32)11-9-17)42-31-29(38)28(37)26(35)23(43-31)15-40-24(34)12-7-16-5-3-2-4-6-16/h2-14,23,26,28-29,31-32,35-38H,15H2,1H3/b12-7+/t23-,26-,28+,29-,31-/m1/s1. The topological polar surface area (TPSA) is 185 Å². The molecular formula is C31H28O12. The summed E-state index contributed by atoms with van der Waals surface area (Å²) in [6.07, 6.45) is -5.41. The molecule has 0 radical (unpaired) electrons. The Morgan fingerprint density at radius 3 is 2.37 bits per heavy atom. The van der Waals surface area contributed by atoms with E-state index in [0.717, 1.165) is 5.56 Å². The second kappa shape index (κ2) is 12.5. The van der Waals surface area contributed by atoms with Gasteiger partial charge in [0.1, 0.15) is 53.5 Å². The Kier molecular flexibility index (Phi) is 8.64. The quantitative estimate of drug-likeness (QED) is 0.149. The number of phenolic OH excluding ortho intramolecular Hbond substituents is 2. The van der Waals surface area contributed by atoms with Crippen LogP contribution in [0.25, 0.3) is 28.4 Å². The molecule has 2 heterocycles. The van der Waals surface area contributed by atoms with Crippen molar-refractivity contribution in [2.75, 3.05) is 13.7 Å². The van der Waals surface area contributed by atoms with Crippen LogP contribution in [0.2, 0.25) is 0 Å². The lowest BCUT2D eigenvalue weighted by Crippen LogP contribution is -2.60. The molecule has 0 saturated carbocycles. The minimum atomic E-state index is -1.78. The Bertz CT molecular complexity index is 1680. The fraction of sp³-hybridized carbons (Fsp3) is 0.226. The number of carbonyl (C=O) groups is 1. The van der Waals surface area contributed by atoms with Crippen LogP contribution >= 0.6 is 0 Å². The molecule has 0 unspecified atom stereocenters. The molecule has 12 heteroatoms. The molecule has 5 atom stereocenters. The van der Waals surface area contributed by atoms with Gasteiger partial charge in [0.15, 0.2) is 16.9 Å². The van der Waals surface area contributed by atoms with Gasteiger partial charge in [-0.25, -0.2) is 4.79 Å². The summed E-state index contributed by atoms with van der Waals surface area (Å²) in [4.78, 5) is 25.1. The Hall–Kier alpha value is -4.88. The van der Waals surface area contributed by atoms with Crippen LogP contribution in [0.1, 0.15) is 5.56 Å². The third kappa shape index (κ3) is 6.32. The normalized spacial score (nSPS) is 22.0. The molecule has 0 spiro atoms. The summed E-state index contributed by atoms with van der Waals surface area (Å²) < 4.78 is 27.7. The summed E-state index contributed by atoms with van der Waals surface area (Å²) in [5.74, 6) is -1.72. The van der Waals surface area contributed by atoms with Crippen molar-refractivity contribution in [1.29, 1.82) is 0 Å². The van der Waals surface area contributed by atoms with E-state index < -0.39 is 54.5 Å². The fourth-order valence-corrected chi connectivity index (χ4v) is 4.53. The highest BCUT2D eigenvalue weighted by Crippen LogP contribution is 2.43. The predicted octanol–water partition coefficient (Wildman–Crippen LogP) is 2.32. The average molecular weight is 593 g/mol. The van der Waals surface area contributed by atoms with Crippen LogP contribution in [0.4, 0.5) is 0 Å². The maximum Gasteiger partial charge on any atom is 0.330 e. The van der Waals surface area contributed by atoms with Gasteiger partial charge in [-0.15, -0.1) is 0 Å². The maximum atomic E-state index is 12.9. The number of fused-ring (bicyclic) bond motifs is 1. The molecule has 3 aromatic carbocycles. The van der Waals surface area contributed by atoms with Crippen molar-refractivity contribution in [2.45, 2.75) is 30.7 Å². The van der Waals surface area contributed by atoms with Gasteiger partial charge in [-0.3, -0.25) is 4.79 Å². The third-order valence-corrected chi connectivity index (χ3v) is 6.78. The van der Waals surface area contributed by atoms with Crippen LogP contribution < -0.4 is 14.9 Å². The van der Waals surface area contributed by atoms with Crippen LogP contribution in [0.5, 0.6) is 23.0 Å². The number of rotatable bonds is 8. The lowest BCUT2D eigenvalue weighted by Gasteiger charge is -2.40. The molecule has 1 saturated heterocycles. The van der Waals surface area contributed by atoms with Crippen molar-refractivity contribution in [2.24, 2.45) is 0 Å². The van der Waals surface area contributed by atoms with Crippen molar-refractivity contribution in [3.63, 3.8) is 0 Å². The molecule has 12 nitrogen and oxygen atoms in total. The van der Waals surface area contributed by atoms with Gasteiger partial charge in [-0.05, 0) is 35.9 Å². The first kappa shape index (κ1) is 29.6. The van der Waals surface area contributed by atoms with Gasteiger partial charge in [0.05, 0.1) is 7.11 Å². The molecule has 4 aromatic rings. The maximum absolute atomic E-state index is 12.9. The van der Waals surface area contributed by atoms with Gasteiger partial charge < -0.3 is 48.9 Å². The van der Waals surface area contributed by atoms with E-state index in [1.807, 2.05) is 6.07 Å². The number of aliphatic hydroxyl groups is 3. The summed E-state index contributed by atoms with van der Waals surface area (Å²) in [5.41, 5.74) is 0.528. The molecule has 0 amide bonds. The van der Waals surface area contributed by atoms with Crippen LogP contribution in [0.15, 0.2) is 82.0 Å². The summed E-state index contributed by atoms with van der Waals surface area (Å²) in [7, 11) is 1.21. The van der Waals surface area contributed by atoms with Gasteiger partial charge in [-0.2, -0.15) is 0 Å². The molecule has 0 aliphatic carbocycles. The van der Waals surface area contributed by atoms with Gasteiger partial charge in [-0.1, -0.05) is 30.3 Å². The molecular weight excluding hydrogens is 564 g/mol. The first-order valence-corrected chi connectivity index (χ1v) is 13.1. The van der Waals surface area contributed by atoms with E-state index in [2.05, 4.69) is 0 Å². The van der Waals surface area contributed by atoms with Crippen LogP contribution in [-0.2, 0) is 14.3 Å². The number of hydrogen-bond donors (Lipinski definition) is 5. The number of benzene rings is 3. The average Bonchev–Trinajstić information content (AvgIpc) is 3.00. The summed E-state index contributed by atoms with van der Waals surface area (Å²) in [6, 6.07) is 17.3. The Morgan fingerprint density at radius 1 is 0.953 bits per heavy atom. The molecule has 5 rings (SSSR count). The van der Waals surface area contributed by atoms with Gasteiger partial charge in [0.2, 0.25) is 12.0 Å². The molecule has 224 valence electrons. The predicted molar refractivity (Wildman–Crippen MR) is 152 cm³/mol. The van der Waals surface area contributed by atoms with Crippen molar-refractivity contribution in [3.8, 4) is 34.3 Å². The summed E-state index contributed by atoms with van der Waals surface area (Å²) >= 11 is 0. The number of hydrogen-bond acceptors (Lipinski definition) is 12. The van der Waals surface area contributed by atoms with Gasteiger partial charge >= 0.3 is 5.97 Å². The van der Waals surface area contributed by atoms with E-state index in [1.54, 1.807) is 24.3 Å². The third-order valence-electron chi connectivity index (χ3n) is 6.78. The van der Waals surface area contributed by atoms with Crippen molar-refractivity contribution in [1.82, 2.24) is 0 Å².